The van der Waals surface area contributed by atoms with Gasteiger partial charge in [-0.25, -0.2) is 0 Å². The van der Waals surface area contributed by atoms with Crippen LogP contribution < -0.4 is 10.6 Å². The zero-order chi connectivity index (χ0) is 14.5. The molecule has 20 heavy (non-hydrogen) atoms. The molecule has 8 heteroatoms. The van der Waals surface area contributed by atoms with Crippen molar-refractivity contribution in [1.29, 1.82) is 0 Å². The first-order valence-electron chi connectivity index (χ1n) is 5.76. The Bertz CT molecular complexity index is 624. The molecule has 0 bridgehead atoms. The van der Waals surface area contributed by atoms with E-state index < -0.39 is 10.8 Å². The van der Waals surface area contributed by atoms with Gasteiger partial charge < -0.3 is 15.2 Å². The second-order valence-electron chi connectivity index (χ2n) is 3.88. The second kappa shape index (κ2) is 5.83. The molecule has 0 aliphatic carbocycles. The normalized spacial score (nSPS) is 10.1. The van der Waals surface area contributed by atoms with Crippen molar-refractivity contribution in [3.63, 3.8) is 0 Å². The molecule has 2 rings (SSSR count). The van der Waals surface area contributed by atoms with Crippen LogP contribution in [0.3, 0.4) is 0 Å². The molecule has 1 aromatic heterocycles. The Morgan fingerprint density at radius 2 is 2.25 bits per heavy atom. The van der Waals surface area contributed by atoms with E-state index in [0.29, 0.717) is 5.69 Å². The Balaban J connectivity index is 2.23. The highest BCUT2D eigenvalue weighted by molar-refractivity contribution is 6.00. The Labute approximate surface area is 113 Å². The number of rotatable bonds is 5. The van der Waals surface area contributed by atoms with Gasteiger partial charge in [-0.2, -0.15) is 0 Å². The van der Waals surface area contributed by atoms with Crippen molar-refractivity contribution in [2.24, 2.45) is 0 Å². The Kier molecular flexibility index (Phi) is 3.94. The molecule has 8 nitrogen and oxygen atoms in total. The predicted octanol–water partition coefficient (Wildman–Crippen LogP) is 1.55. The van der Waals surface area contributed by atoms with E-state index in [-0.39, 0.29) is 23.5 Å². The summed E-state index contributed by atoms with van der Waals surface area (Å²) in [5.41, 5.74) is 0.549. The lowest BCUT2D eigenvalue weighted by Gasteiger charge is -2.07. The number of amides is 1. The molecule has 104 valence electrons. The van der Waals surface area contributed by atoms with Crippen LogP contribution in [0.4, 0.5) is 11.4 Å². The van der Waals surface area contributed by atoms with Gasteiger partial charge in [0.1, 0.15) is 23.2 Å². The van der Waals surface area contributed by atoms with Crippen LogP contribution in [0.15, 0.2) is 35.1 Å². The molecule has 0 aliphatic heterocycles. The summed E-state index contributed by atoms with van der Waals surface area (Å²) in [4.78, 5) is 22.5. The smallest absolute Gasteiger partial charge is 0.305 e. The maximum atomic E-state index is 12.0. The summed E-state index contributed by atoms with van der Waals surface area (Å²) in [5, 5.41) is 20.0. The lowest BCUT2D eigenvalue weighted by atomic mass is 10.1. The van der Waals surface area contributed by atoms with Crippen LogP contribution in [0.5, 0.6) is 0 Å². The molecule has 2 N–H and O–H groups in total. The van der Waals surface area contributed by atoms with Gasteiger partial charge in [-0.15, -0.1) is 0 Å². The van der Waals surface area contributed by atoms with Gasteiger partial charge in [0.15, 0.2) is 0 Å². The van der Waals surface area contributed by atoms with Crippen molar-refractivity contribution in [1.82, 2.24) is 10.5 Å². The standard InChI is InChI=1S/C12H12N4O4/c1-13-10-4-2-3-9(11(10)16(18)19)12(17)14-7-8-5-6-20-15-8/h2-6,13H,7H2,1H3,(H,14,17). The fraction of sp³-hybridized carbons (Fsp3) is 0.167. The average Bonchev–Trinajstić information content (AvgIpc) is 2.96. The number of hydrogen-bond donors (Lipinski definition) is 2. The van der Waals surface area contributed by atoms with Crippen LogP contribution in [0.2, 0.25) is 0 Å². The summed E-state index contributed by atoms with van der Waals surface area (Å²) in [7, 11) is 1.55. The number of carbonyl (C=O) groups is 1. The van der Waals surface area contributed by atoms with Crippen molar-refractivity contribution in [3.05, 3.63) is 51.9 Å². The number of nitro benzene ring substituents is 1. The first-order valence-corrected chi connectivity index (χ1v) is 5.76. The van der Waals surface area contributed by atoms with Crippen LogP contribution in [0, 0.1) is 10.1 Å². The minimum atomic E-state index is -0.586. The van der Waals surface area contributed by atoms with Gasteiger partial charge in [-0.3, -0.25) is 14.9 Å². The lowest BCUT2D eigenvalue weighted by Crippen LogP contribution is -2.24. The van der Waals surface area contributed by atoms with E-state index in [4.69, 9.17) is 0 Å². The zero-order valence-corrected chi connectivity index (χ0v) is 10.6. The maximum absolute atomic E-state index is 12.0. The fourth-order valence-electron chi connectivity index (χ4n) is 1.72. The lowest BCUT2D eigenvalue weighted by molar-refractivity contribution is -0.384. The molecule has 0 atom stereocenters. The van der Waals surface area contributed by atoms with Crippen LogP contribution >= 0.6 is 0 Å². The molecular formula is C12H12N4O4. The predicted molar refractivity (Wildman–Crippen MR) is 70.3 cm³/mol. The van der Waals surface area contributed by atoms with E-state index in [1.165, 1.54) is 18.4 Å². The van der Waals surface area contributed by atoms with Crippen LogP contribution in [0.25, 0.3) is 0 Å². The van der Waals surface area contributed by atoms with Gasteiger partial charge in [0, 0.05) is 13.1 Å². The molecular weight excluding hydrogens is 264 g/mol. The number of hydrogen-bond acceptors (Lipinski definition) is 6. The fourth-order valence-corrected chi connectivity index (χ4v) is 1.72. The number of anilines is 1. The quantitative estimate of drug-likeness (QED) is 0.633. The number of nitrogens with zero attached hydrogens (tertiary/aromatic N) is 2. The summed E-state index contributed by atoms with van der Waals surface area (Å²) in [6, 6.07) is 6.10. The molecule has 0 radical (unpaired) electrons. The van der Waals surface area contributed by atoms with E-state index >= 15 is 0 Å². The van der Waals surface area contributed by atoms with E-state index in [0.717, 1.165) is 0 Å². The maximum Gasteiger partial charge on any atom is 0.305 e. The van der Waals surface area contributed by atoms with Crippen molar-refractivity contribution in [2.75, 3.05) is 12.4 Å². The topological polar surface area (TPSA) is 110 Å². The summed E-state index contributed by atoms with van der Waals surface area (Å²) >= 11 is 0. The third kappa shape index (κ3) is 2.74. The number of nitro groups is 1. The molecule has 1 aromatic carbocycles. The number of para-hydroxylation sites is 1. The number of nitrogens with one attached hydrogen (secondary N) is 2. The summed E-state index contributed by atoms with van der Waals surface area (Å²) in [6.45, 7) is 0.135. The van der Waals surface area contributed by atoms with Crippen LogP contribution in [-0.4, -0.2) is 23.0 Å². The van der Waals surface area contributed by atoms with Crippen molar-refractivity contribution in [3.8, 4) is 0 Å². The van der Waals surface area contributed by atoms with E-state index in [2.05, 4.69) is 20.3 Å². The first kappa shape index (κ1) is 13.5. The molecule has 1 heterocycles. The minimum absolute atomic E-state index is 0.00894. The molecule has 0 unspecified atom stereocenters. The van der Waals surface area contributed by atoms with Gasteiger partial charge in [-0.1, -0.05) is 11.2 Å². The summed E-state index contributed by atoms with van der Waals surface area (Å²) in [5.74, 6) is -0.545. The van der Waals surface area contributed by atoms with Crippen LogP contribution in [0.1, 0.15) is 16.1 Å². The molecule has 0 aliphatic rings. The first-order chi connectivity index (χ1) is 9.63. The number of carbonyl (C=O) groups excluding carboxylic acids is 1. The molecule has 0 saturated heterocycles. The highest BCUT2D eigenvalue weighted by atomic mass is 16.6. The van der Waals surface area contributed by atoms with E-state index in [9.17, 15) is 14.9 Å². The summed E-state index contributed by atoms with van der Waals surface area (Å²) < 4.78 is 4.63. The Morgan fingerprint density at radius 1 is 1.45 bits per heavy atom. The average molecular weight is 276 g/mol. The van der Waals surface area contributed by atoms with Crippen molar-refractivity contribution < 1.29 is 14.2 Å². The van der Waals surface area contributed by atoms with Gasteiger partial charge in [-0.05, 0) is 12.1 Å². The van der Waals surface area contributed by atoms with Gasteiger partial charge in [0.05, 0.1) is 11.5 Å². The second-order valence-corrected chi connectivity index (χ2v) is 3.88. The zero-order valence-electron chi connectivity index (χ0n) is 10.6. The largest absolute Gasteiger partial charge is 0.383 e. The number of aromatic nitrogens is 1. The molecule has 2 aromatic rings. The Hall–Kier alpha value is -2.90. The van der Waals surface area contributed by atoms with Crippen LogP contribution in [-0.2, 0) is 6.54 Å². The summed E-state index contributed by atoms with van der Waals surface area (Å²) in [6.07, 6.45) is 1.38. The Morgan fingerprint density at radius 3 is 2.85 bits per heavy atom. The SMILES string of the molecule is CNc1cccc(C(=O)NCc2ccon2)c1[N+](=O)[O-]. The number of benzene rings is 1. The molecule has 0 spiro atoms. The van der Waals surface area contributed by atoms with Crippen molar-refractivity contribution >= 4 is 17.3 Å². The minimum Gasteiger partial charge on any atom is -0.383 e. The highest BCUT2D eigenvalue weighted by Gasteiger charge is 2.23. The van der Waals surface area contributed by atoms with Crippen molar-refractivity contribution in [2.45, 2.75) is 6.54 Å². The van der Waals surface area contributed by atoms with E-state index in [1.54, 1.807) is 19.2 Å². The monoisotopic (exact) mass is 276 g/mol. The van der Waals surface area contributed by atoms with Gasteiger partial charge in [0.2, 0.25) is 0 Å². The molecule has 1 amide bonds. The third-order valence-electron chi connectivity index (χ3n) is 2.65. The third-order valence-corrected chi connectivity index (χ3v) is 2.65. The molecule has 0 saturated carbocycles. The highest BCUT2D eigenvalue weighted by Crippen LogP contribution is 2.28. The molecule has 0 fully saturated rings. The van der Waals surface area contributed by atoms with Gasteiger partial charge >= 0.3 is 5.69 Å². The van der Waals surface area contributed by atoms with E-state index in [1.807, 2.05) is 0 Å². The van der Waals surface area contributed by atoms with Gasteiger partial charge in [0.25, 0.3) is 5.91 Å².